The Morgan fingerprint density at radius 1 is 1.17 bits per heavy atom. The molecule has 2 aromatic carbocycles. The molecule has 2 amide bonds. The summed E-state index contributed by atoms with van der Waals surface area (Å²) in [5, 5.41) is 4.23. The maximum absolute atomic E-state index is 12.2. The van der Waals surface area contributed by atoms with Crippen LogP contribution in [0.4, 0.5) is 10.5 Å². The minimum Gasteiger partial charge on any atom is -0.445 e. The van der Waals surface area contributed by atoms with E-state index >= 15 is 0 Å². The standard InChI is InChI=1S/C16H13ClN2O3S/c1-10-8-12(17)6-7-13(10)18-16(20)19-23(21)15-9-11-4-2-3-5-14(11)22-15/h2-9H,1H3,(H2,18,19,20). The van der Waals surface area contributed by atoms with Crippen molar-refractivity contribution in [2.24, 2.45) is 0 Å². The number of nitrogens with one attached hydrogen (secondary N) is 2. The molecular formula is C16H13ClN2O3S. The molecular weight excluding hydrogens is 336 g/mol. The lowest BCUT2D eigenvalue weighted by Crippen LogP contribution is -2.30. The van der Waals surface area contributed by atoms with Crippen LogP contribution in [-0.2, 0) is 11.0 Å². The van der Waals surface area contributed by atoms with Crippen LogP contribution in [0.15, 0.2) is 58.0 Å². The van der Waals surface area contributed by atoms with Gasteiger partial charge in [0.25, 0.3) is 0 Å². The summed E-state index contributed by atoms with van der Waals surface area (Å²) in [6.45, 7) is 1.82. The van der Waals surface area contributed by atoms with Crippen molar-refractivity contribution in [2.45, 2.75) is 12.0 Å². The molecule has 1 unspecified atom stereocenters. The van der Waals surface area contributed by atoms with Gasteiger partial charge in [-0.25, -0.2) is 13.7 Å². The molecule has 0 saturated carbocycles. The molecule has 1 aromatic heterocycles. The van der Waals surface area contributed by atoms with Gasteiger partial charge >= 0.3 is 6.03 Å². The molecule has 7 heteroatoms. The van der Waals surface area contributed by atoms with Crippen molar-refractivity contribution in [1.29, 1.82) is 0 Å². The Bertz CT molecular complexity index is 874. The zero-order valence-corrected chi connectivity index (χ0v) is 13.7. The summed E-state index contributed by atoms with van der Waals surface area (Å²) < 4.78 is 20.0. The maximum atomic E-state index is 12.2. The largest absolute Gasteiger partial charge is 0.445 e. The second-order valence-corrected chi connectivity index (χ2v) is 6.47. The fraction of sp³-hybridized carbons (Fsp3) is 0.0625. The predicted octanol–water partition coefficient (Wildman–Crippen LogP) is 4.24. The van der Waals surface area contributed by atoms with Gasteiger partial charge in [-0.05, 0) is 36.8 Å². The first-order chi connectivity index (χ1) is 11.0. The van der Waals surface area contributed by atoms with E-state index in [9.17, 15) is 9.00 Å². The monoisotopic (exact) mass is 348 g/mol. The zero-order chi connectivity index (χ0) is 16.4. The molecule has 0 bridgehead atoms. The van der Waals surface area contributed by atoms with E-state index in [4.69, 9.17) is 16.0 Å². The Morgan fingerprint density at radius 3 is 2.70 bits per heavy atom. The number of halogens is 1. The second kappa shape index (κ2) is 6.44. The molecule has 0 saturated heterocycles. The molecule has 3 aromatic rings. The van der Waals surface area contributed by atoms with Crippen LogP contribution in [0.3, 0.4) is 0 Å². The number of urea groups is 1. The molecule has 1 atom stereocenters. The van der Waals surface area contributed by atoms with Crippen LogP contribution in [0.2, 0.25) is 5.02 Å². The van der Waals surface area contributed by atoms with Crippen LogP contribution in [0, 0.1) is 6.92 Å². The lowest BCUT2D eigenvalue weighted by Gasteiger charge is -2.08. The summed E-state index contributed by atoms with van der Waals surface area (Å²) in [5.74, 6) is 0. The van der Waals surface area contributed by atoms with Gasteiger partial charge in [0, 0.05) is 22.2 Å². The average Bonchev–Trinajstić information content (AvgIpc) is 2.94. The zero-order valence-electron chi connectivity index (χ0n) is 12.1. The number of furan rings is 1. The van der Waals surface area contributed by atoms with E-state index in [0.29, 0.717) is 16.3 Å². The van der Waals surface area contributed by atoms with Gasteiger partial charge in [-0.2, -0.15) is 0 Å². The van der Waals surface area contributed by atoms with Crippen LogP contribution in [0.1, 0.15) is 5.56 Å². The van der Waals surface area contributed by atoms with Crippen molar-refractivity contribution in [1.82, 2.24) is 4.72 Å². The van der Waals surface area contributed by atoms with E-state index in [1.54, 1.807) is 30.3 Å². The van der Waals surface area contributed by atoms with Gasteiger partial charge < -0.3 is 9.73 Å². The molecule has 0 aliphatic carbocycles. The van der Waals surface area contributed by atoms with E-state index in [-0.39, 0.29) is 5.09 Å². The average molecular weight is 349 g/mol. The van der Waals surface area contributed by atoms with Crippen molar-refractivity contribution in [3.63, 3.8) is 0 Å². The normalized spacial score (nSPS) is 12.1. The summed E-state index contributed by atoms with van der Waals surface area (Å²) in [4.78, 5) is 12.0. The maximum Gasteiger partial charge on any atom is 0.331 e. The van der Waals surface area contributed by atoms with Crippen molar-refractivity contribution in [3.8, 4) is 0 Å². The van der Waals surface area contributed by atoms with Gasteiger partial charge in [-0.1, -0.05) is 29.8 Å². The number of carbonyl (C=O) groups is 1. The van der Waals surface area contributed by atoms with Crippen molar-refractivity contribution >= 4 is 45.3 Å². The Balaban J connectivity index is 1.70. The fourth-order valence-corrected chi connectivity index (χ4v) is 3.04. The van der Waals surface area contributed by atoms with Gasteiger partial charge in [0.15, 0.2) is 11.0 Å². The Morgan fingerprint density at radius 2 is 1.96 bits per heavy atom. The third-order valence-electron chi connectivity index (χ3n) is 3.21. The van der Waals surface area contributed by atoms with Crippen LogP contribution in [0.25, 0.3) is 11.0 Å². The lowest BCUT2D eigenvalue weighted by atomic mass is 10.2. The number of para-hydroxylation sites is 1. The topological polar surface area (TPSA) is 71.3 Å². The van der Waals surface area contributed by atoms with E-state index in [1.165, 1.54) is 0 Å². The summed E-state index contributed by atoms with van der Waals surface area (Å²) in [6.07, 6.45) is 0. The highest BCUT2D eigenvalue weighted by Gasteiger charge is 2.14. The van der Waals surface area contributed by atoms with Gasteiger partial charge in [0.2, 0.25) is 5.09 Å². The molecule has 2 N–H and O–H groups in total. The quantitative estimate of drug-likeness (QED) is 0.743. The summed E-state index contributed by atoms with van der Waals surface area (Å²) in [6, 6.07) is 13.4. The number of benzene rings is 2. The van der Waals surface area contributed by atoms with Crippen molar-refractivity contribution < 1.29 is 13.4 Å². The van der Waals surface area contributed by atoms with Gasteiger partial charge in [0.05, 0.1) is 0 Å². The number of hydrogen-bond donors (Lipinski definition) is 2. The lowest BCUT2D eigenvalue weighted by molar-refractivity contribution is 0.256. The Labute approximate surface area is 140 Å². The SMILES string of the molecule is Cc1cc(Cl)ccc1NC(=O)NS(=O)c1cc2ccccc2o1. The van der Waals surface area contributed by atoms with Gasteiger partial charge in [-0.15, -0.1) is 0 Å². The third kappa shape index (κ3) is 3.55. The fourth-order valence-electron chi connectivity index (χ4n) is 2.10. The highest BCUT2D eigenvalue weighted by Crippen LogP contribution is 2.21. The Kier molecular flexibility index (Phi) is 4.36. The molecule has 23 heavy (non-hydrogen) atoms. The van der Waals surface area contributed by atoms with Gasteiger partial charge in [0.1, 0.15) is 5.58 Å². The van der Waals surface area contributed by atoms with Crippen LogP contribution in [0.5, 0.6) is 0 Å². The highest BCUT2D eigenvalue weighted by molar-refractivity contribution is 7.83. The number of carbonyl (C=O) groups excluding carboxylic acids is 1. The number of fused-ring (bicyclic) bond motifs is 1. The van der Waals surface area contributed by atoms with E-state index in [2.05, 4.69) is 10.0 Å². The number of rotatable bonds is 3. The highest BCUT2D eigenvalue weighted by atomic mass is 35.5. The minimum absolute atomic E-state index is 0.189. The van der Waals surface area contributed by atoms with Crippen molar-refractivity contribution in [3.05, 3.63) is 59.1 Å². The molecule has 5 nitrogen and oxygen atoms in total. The van der Waals surface area contributed by atoms with E-state index in [0.717, 1.165) is 10.9 Å². The number of anilines is 1. The molecule has 0 aliphatic heterocycles. The van der Waals surface area contributed by atoms with Crippen LogP contribution >= 0.6 is 11.6 Å². The first-order valence-electron chi connectivity index (χ1n) is 6.77. The van der Waals surface area contributed by atoms with E-state index < -0.39 is 17.0 Å². The summed E-state index contributed by atoms with van der Waals surface area (Å²) >= 11 is 5.87. The van der Waals surface area contributed by atoms with Gasteiger partial charge in [-0.3, -0.25) is 0 Å². The second-order valence-electron chi connectivity index (χ2n) is 4.89. The molecule has 0 fully saturated rings. The third-order valence-corrected chi connectivity index (χ3v) is 4.38. The molecule has 1 heterocycles. The van der Waals surface area contributed by atoms with Crippen molar-refractivity contribution in [2.75, 3.05) is 5.32 Å². The van der Waals surface area contributed by atoms with Crippen LogP contribution < -0.4 is 10.0 Å². The first-order valence-corrected chi connectivity index (χ1v) is 8.30. The smallest absolute Gasteiger partial charge is 0.331 e. The Hall–Kier alpha value is -2.31. The molecule has 118 valence electrons. The van der Waals surface area contributed by atoms with Crippen LogP contribution in [-0.4, -0.2) is 10.2 Å². The van der Waals surface area contributed by atoms with E-state index in [1.807, 2.05) is 25.1 Å². The molecule has 0 spiro atoms. The number of aryl methyl sites for hydroxylation is 1. The molecule has 3 rings (SSSR count). The summed E-state index contributed by atoms with van der Waals surface area (Å²) in [7, 11) is -1.79. The molecule has 0 aliphatic rings. The number of hydrogen-bond acceptors (Lipinski definition) is 3. The molecule has 0 radical (unpaired) electrons. The number of amides is 2. The summed E-state index contributed by atoms with van der Waals surface area (Å²) in [5.41, 5.74) is 2.02. The predicted molar refractivity (Wildman–Crippen MR) is 91.0 cm³/mol. The first kappa shape index (κ1) is 15.6. The minimum atomic E-state index is -1.79.